The van der Waals surface area contributed by atoms with Crippen molar-refractivity contribution in [2.45, 2.75) is 58.4 Å². The molecule has 1 heterocycles. The Morgan fingerprint density at radius 3 is 2.71 bits per heavy atom. The summed E-state index contributed by atoms with van der Waals surface area (Å²) >= 11 is 5.25. The molecule has 3 atom stereocenters. The van der Waals surface area contributed by atoms with Crippen LogP contribution in [0.25, 0.3) is 0 Å². The van der Waals surface area contributed by atoms with Crippen LogP contribution in [0.5, 0.6) is 0 Å². The molecule has 0 radical (unpaired) electrons. The largest absolute Gasteiger partial charge is 0.389 e. The van der Waals surface area contributed by atoms with Crippen molar-refractivity contribution in [3.63, 3.8) is 0 Å². The van der Waals surface area contributed by atoms with Crippen LogP contribution in [-0.4, -0.2) is 16.0 Å². The summed E-state index contributed by atoms with van der Waals surface area (Å²) in [6.07, 6.45) is 7.16. The Hall–Kier alpha value is -1.16. The summed E-state index contributed by atoms with van der Waals surface area (Å²) in [5, 5.41) is 3.64. The number of aromatic nitrogens is 1. The molecule has 0 bridgehead atoms. The predicted octanol–water partition coefficient (Wildman–Crippen LogP) is 3.44. The van der Waals surface area contributed by atoms with Crippen LogP contribution in [0.1, 0.15) is 56.4 Å². The van der Waals surface area contributed by atoms with Gasteiger partial charge < -0.3 is 11.1 Å². The fraction of sp³-hybridized carbons (Fsp3) is 0.647. The molecule has 0 aliphatic heterocycles. The van der Waals surface area contributed by atoms with Gasteiger partial charge in [0, 0.05) is 11.7 Å². The zero-order valence-corrected chi connectivity index (χ0v) is 13.8. The number of thiocarbonyl (C=S) groups is 1. The molecule has 1 fully saturated rings. The number of nitrogens with zero attached hydrogens (tertiary/aromatic N) is 1. The van der Waals surface area contributed by atoms with Gasteiger partial charge in [0.25, 0.3) is 0 Å². The Bertz CT molecular complexity index is 555. The second-order valence-electron chi connectivity index (χ2n) is 6.73. The number of hydrogen-bond donors (Lipinski definition) is 2. The summed E-state index contributed by atoms with van der Waals surface area (Å²) < 4.78 is 0. The molecule has 3 unspecified atom stereocenters. The van der Waals surface area contributed by atoms with E-state index in [9.17, 15) is 0 Å². The van der Waals surface area contributed by atoms with Crippen LogP contribution in [0, 0.1) is 11.8 Å². The van der Waals surface area contributed by atoms with Crippen molar-refractivity contribution in [2.75, 3.05) is 5.32 Å². The predicted molar refractivity (Wildman–Crippen MR) is 91.7 cm³/mol. The maximum Gasteiger partial charge on any atom is 0.136 e. The molecule has 3 N–H and O–H groups in total. The highest BCUT2D eigenvalue weighted by Gasteiger charge is 2.30. The second-order valence-corrected chi connectivity index (χ2v) is 7.17. The van der Waals surface area contributed by atoms with Gasteiger partial charge in [-0.25, -0.2) is 4.98 Å². The van der Waals surface area contributed by atoms with Crippen LogP contribution >= 0.6 is 12.2 Å². The number of hydrogen-bond acceptors (Lipinski definition) is 3. The third kappa shape index (κ3) is 2.91. The fourth-order valence-corrected chi connectivity index (χ4v) is 3.83. The Morgan fingerprint density at radius 2 is 2.05 bits per heavy atom. The maximum atomic E-state index is 5.94. The van der Waals surface area contributed by atoms with Crippen molar-refractivity contribution in [3.05, 3.63) is 22.9 Å². The Morgan fingerprint density at radius 1 is 1.29 bits per heavy atom. The van der Waals surface area contributed by atoms with Crippen molar-refractivity contribution >= 4 is 23.0 Å². The quantitative estimate of drug-likeness (QED) is 0.840. The monoisotopic (exact) mass is 303 g/mol. The summed E-state index contributed by atoms with van der Waals surface area (Å²) in [4.78, 5) is 5.33. The average molecular weight is 303 g/mol. The van der Waals surface area contributed by atoms with Gasteiger partial charge in [0.05, 0.1) is 5.56 Å². The molecule has 21 heavy (non-hydrogen) atoms. The molecular weight excluding hydrogens is 278 g/mol. The van der Waals surface area contributed by atoms with Crippen molar-refractivity contribution in [1.29, 1.82) is 0 Å². The third-order valence-corrected chi connectivity index (χ3v) is 5.57. The van der Waals surface area contributed by atoms with E-state index in [0.29, 0.717) is 16.9 Å². The van der Waals surface area contributed by atoms with Gasteiger partial charge in [-0.05, 0) is 62.0 Å². The standard InChI is InChI=1S/C17H25N3S/c1-10-7-8-14(11(10)2)19-17-13(16(18)21)9-12-5-3-4-6-15(12)20-17/h9-11,14H,3-8H2,1-2H3,(H2,18,21)(H,19,20). The molecule has 1 saturated carbocycles. The van der Waals surface area contributed by atoms with Crippen LogP contribution in [-0.2, 0) is 12.8 Å². The summed E-state index contributed by atoms with van der Waals surface area (Å²) in [6, 6.07) is 2.66. The first-order chi connectivity index (χ1) is 10.1. The SMILES string of the molecule is CC1CCC(Nc2nc3c(cc2C(N)=S)CCCC3)C1C. The second kappa shape index (κ2) is 5.91. The highest BCUT2D eigenvalue weighted by atomic mass is 32.1. The van der Waals surface area contributed by atoms with E-state index < -0.39 is 0 Å². The molecule has 0 spiro atoms. The van der Waals surface area contributed by atoms with Gasteiger partial charge in [0.2, 0.25) is 0 Å². The van der Waals surface area contributed by atoms with Crippen LogP contribution in [0.15, 0.2) is 6.07 Å². The van der Waals surface area contributed by atoms with Gasteiger partial charge in [0.1, 0.15) is 10.8 Å². The molecule has 1 aromatic rings. The molecule has 2 aliphatic rings. The lowest BCUT2D eigenvalue weighted by Crippen LogP contribution is -2.27. The van der Waals surface area contributed by atoms with E-state index >= 15 is 0 Å². The highest BCUT2D eigenvalue weighted by Crippen LogP contribution is 2.34. The van der Waals surface area contributed by atoms with Crippen LogP contribution in [0.4, 0.5) is 5.82 Å². The molecule has 0 amide bonds. The number of rotatable bonds is 3. The highest BCUT2D eigenvalue weighted by molar-refractivity contribution is 7.80. The molecule has 0 aromatic carbocycles. The van der Waals surface area contributed by atoms with Crippen molar-refractivity contribution in [2.24, 2.45) is 17.6 Å². The zero-order valence-electron chi connectivity index (χ0n) is 13.0. The number of pyridine rings is 1. The van der Waals surface area contributed by atoms with Crippen LogP contribution < -0.4 is 11.1 Å². The number of aryl methyl sites for hydroxylation is 2. The van der Waals surface area contributed by atoms with E-state index in [0.717, 1.165) is 30.1 Å². The molecule has 3 rings (SSSR count). The molecule has 114 valence electrons. The Balaban J connectivity index is 1.91. The van der Waals surface area contributed by atoms with E-state index in [1.54, 1.807) is 0 Å². The molecule has 0 saturated heterocycles. The third-order valence-electron chi connectivity index (χ3n) is 5.35. The first-order valence-corrected chi connectivity index (χ1v) is 8.56. The first-order valence-electron chi connectivity index (χ1n) is 8.15. The summed E-state index contributed by atoms with van der Waals surface area (Å²) in [7, 11) is 0. The minimum atomic E-state index is 0.456. The molecule has 1 aromatic heterocycles. The number of nitrogens with one attached hydrogen (secondary N) is 1. The van der Waals surface area contributed by atoms with Gasteiger partial charge in [-0.2, -0.15) is 0 Å². The van der Waals surface area contributed by atoms with Gasteiger partial charge in [-0.3, -0.25) is 0 Å². The van der Waals surface area contributed by atoms with E-state index in [-0.39, 0.29) is 0 Å². The Kier molecular flexibility index (Phi) is 4.16. The molecule has 4 heteroatoms. The topological polar surface area (TPSA) is 50.9 Å². The van der Waals surface area contributed by atoms with E-state index in [4.69, 9.17) is 22.9 Å². The van der Waals surface area contributed by atoms with E-state index in [1.165, 1.54) is 36.9 Å². The normalized spacial score (nSPS) is 28.2. The summed E-state index contributed by atoms with van der Waals surface area (Å²) in [5.41, 5.74) is 9.44. The zero-order chi connectivity index (χ0) is 15.0. The van der Waals surface area contributed by atoms with Crippen molar-refractivity contribution in [3.8, 4) is 0 Å². The number of nitrogens with two attached hydrogens (primary N) is 1. The number of fused-ring (bicyclic) bond motifs is 1. The first kappa shape index (κ1) is 14.8. The molecule has 3 nitrogen and oxygen atoms in total. The molecular formula is C17H25N3S. The van der Waals surface area contributed by atoms with Crippen LogP contribution in [0.2, 0.25) is 0 Å². The lowest BCUT2D eigenvalue weighted by atomic mass is 9.94. The van der Waals surface area contributed by atoms with E-state index in [2.05, 4.69) is 25.2 Å². The number of anilines is 1. The lowest BCUT2D eigenvalue weighted by molar-refractivity contribution is 0.435. The maximum absolute atomic E-state index is 5.94. The molecule has 2 aliphatic carbocycles. The minimum absolute atomic E-state index is 0.456. The summed E-state index contributed by atoms with van der Waals surface area (Å²) in [6.45, 7) is 4.66. The fourth-order valence-electron chi connectivity index (χ4n) is 3.68. The smallest absolute Gasteiger partial charge is 0.136 e. The van der Waals surface area contributed by atoms with Gasteiger partial charge in [-0.1, -0.05) is 26.1 Å². The van der Waals surface area contributed by atoms with Crippen LogP contribution in [0.3, 0.4) is 0 Å². The minimum Gasteiger partial charge on any atom is -0.389 e. The van der Waals surface area contributed by atoms with Crippen molar-refractivity contribution in [1.82, 2.24) is 4.98 Å². The van der Waals surface area contributed by atoms with Crippen molar-refractivity contribution < 1.29 is 0 Å². The van der Waals surface area contributed by atoms with Gasteiger partial charge in [0.15, 0.2) is 0 Å². The lowest BCUT2D eigenvalue weighted by Gasteiger charge is -2.24. The Labute approximate surface area is 132 Å². The average Bonchev–Trinajstić information content (AvgIpc) is 2.78. The van der Waals surface area contributed by atoms with Gasteiger partial charge >= 0.3 is 0 Å². The van der Waals surface area contributed by atoms with Gasteiger partial charge in [-0.15, -0.1) is 0 Å². The van der Waals surface area contributed by atoms with E-state index in [1.807, 2.05) is 0 Å². The summed E-state index contributed by atoms with van der Waals surface area (Å²) in [5.74, 6) is 2.35.